The van der Waals surface area contributed by atoms with Crippen molar-refractivity contribution in [2.75, 3.05) is 23.1 Å². The summed E-state index contributed by atoms with van der Waals surface area (Å²) in [6.45, 7) is 4.60. The first-order valence-electron chi connectivity index (χ1n) is 13.1. The molecule has 0 unspecified atom stereocenters. The Bertz CT molecular complexity index is 1500. The molecule has 0 aliphatic rings. The number of alkyl halides is 3. The third-order valence-corrected chi connectivity index (χ3v) is 6.07. The lowest BCUT2D eigenvalue weighted by atomic mass is 10.0. The number of carboxylic acid groups (broad SMARTS) is 1. The number of rotatable bonds is 10. The second-order valence-corrected chi connectivity index (χ2v) is 9.41. The van der Waals surface area contributed by atoms with Gasteiger partial charge in [0.2, 0.25) is 11.9 Å². The molecular formula is C31H32F3N5O4. The zero-order valence-corrected chi connectivity index (χ0v) is 23.8. The molecule has 4 rings (SSSR count). The molecule has 0 fully saturated rings. The number of hydrogen-bond donors (Lipinski definition) is 4. The molecule has 0 saturated heterocycles. The predicted octanol–water partition coefficient (Wildman–Crippen LogP) is 6.01. The average molecular weight is 596 g/mol. The molecule has 4 N–H and O–H groups in total. The van der Waals surface area contributed by atoms with Crippen molar-refractivity contribution in [3.63, 3.8) is 0 Å². The molecule has 226 valence electrons. The third-order valence-electron chi connectivity index (χ3n) is 6.07. The Morgan fingerprint density at radius 2 is 1.56 bits per heavy atom. The van der Waals surface area contributed by atoms with Crippen LogP contribution in [0.25, 0.3) is 0 Å². The molecule has 0 bridgehead atoms. The average Bonchev–Trinajstić information content (AvgIpc) is 2.97. The number of aromatic nitrogens is 2. The number of amides is 1. The number of ether oxygens (including phenoxy) is 1. The lowest BCUT2D eigenvalue weighted by Crippen LogP contribution is -2.37. The van der Waals surface area contributed by atoms with Crippen LogP contribution in [0.1, 0.15) is 22.4 Å². The Hall–Kier alpha value is -5.13. The number of halogens is 3. The molecule has 9 nitrogen and oxygen atoms in total. The van der Waals surface area contributed by atoms with Crippen LogP contribution in [-0.2, 0) is 22.6 Å². The summed E-state index contributed by atoms with van der Waals surface area (Å²) in [7, 11) is 1.61. The van der Waals surface area contributed by atoms with Gasteiger partial charge in [0, 0.05) is 30.4 Å². The zero-order valence-electron chi connectivity index (χ0n) is 23.8. The summed E-state index contributed by atoms with van der Waals surface area (Å²) < 4.78 is 36.9. The monoisotopic (exact) mass is 595 g/mol. The van der Waals surface area contributed by atoms with Crippen molar-refractivity contribution in [2.24, 2.45) is 0 Å². The molecule has 1 atom stereocenters. The molecule has 1 heterocycles. The summed E-state index contributed by atoms with van der Waals surface area (Å²) in [5.41, 5.74) is 4.92. The topological polar surface area (TPSA) is 125 Å². The molecular weight excluding hydrogens is 563 g/mol. The van der Waals surface area contributed by atoms with Gasteiger partial charge in [-0.25, -0.2) is 9.78 Å². The number of nitrogens with one attached hydrogen (secondary N) is 3. The number of carboxylic acids is 1. The number of carbonyl (C=O) groups is 2. The van der Waals surface area contributed by atoms with Crippen LogP contribution in [0.5, 0.6) is 5.75 Å². The van der Waals surface area contributed by atoms with Gasteiger partial charge in [0.1, 0.15) is 17.6 Å². The van der Waals surface area contributed by atoms with Crippen LogP contribution < -0.4 is 20.7 Å². The van der Waals surface area contributed by atoms with Crippen LogP contribution in [0.3, 0.4) is 0 Å². The summed E-state index contributed by atoms with van der Waals surface area (Å²) in [6, 6.07) is 26.7. The minimum Gasteiger partial charge on any atom is -0.497 e. The quantitative estimate of drug-likeness (QED) is 0.176. The van der Waals surface area contributed by atoms with E-state index in [1.54, 1.807) is 7.11 Å². The number of aryl methyl sites for hydroxylation is 2. The van der Waals surface area contributed by atoms with Gasteiger partial charge < -0.3 is 25.8 Å². The summed E-state index contributed by atoms with van der Waals surface area (Å²) in [5, 5.41) is 16.8. The fraction of sp³-hybridized carbons (Fsp3) is 0.226. The van der Waals surface area contributed by atoms with E-state index in [1.165, 1.54) is 11.1 Å². The van der Waals surface area contributed by atoms with Gasteiger partial charge >= 0.3 is 12.1 Å². The van der Waals surface area contributed by atoms with Crippen molar-refractivity contribution < 1.29 is 32.6 Å². The molecule has 0 spiro atoms. The third kappa shape index (κ3) is 10.7. The van der Waals surface area contributed by atoms with Crippen molar-refractivity contribution >= 4 is 29.3 Å². The van der Waals surface area contributed by atoms with Gasteiger partial charge in [0.15, 0.2) is 0 Å². The SMILES string of the molecule is COc1ccc(NC(=O)[C@H](Cc2ccccc2)Nc2cc(C)nc(NCc3ccccc3C)n2)cc1.O=C(O)C(F)(F)F. The fourth-order valence-electron chi connectivity index (χ4n) is 3.85. The number of nitrogens with zero attached hydrogens (tertiary/aromatic N) is 2. The first-order valence-corrected chi connectivity index (χ1v) is 13.1. The Labute approximate surface area is 247 Å². The van der Waals surface area contributed by atoms with E-state index in [4.69, 9.17) is 14.6 Å². The van der Waals surface area contributed by atoms with E-state index in [0.717, 1.165) is 17.0 Å². The summed E-state index contributed by atoms with van der Waals surface area (Å²) >= 11 is 0. The number of aliphatic carboxylic acids is 1. The zero-order chi connectivity index (χ0) is 31.4. The Balaban J connectivity index is 0.000000646. The fourth-order valence-corrected chi connectivity index (χ4v) is 3.85. The molecule has 0 radical (unpaired) electrons. The lowest BCUT2D eigenvalue weighted by molar-refractivity contribution is -0.192. The van der Waals surface area contributed by atoms with E-state index in [0.29, 0.717) is 30.4 Å². The van der Waals surface area contributed by atoms with Crippen LogP contribution in [0.2, 0.25) is 0 Å². The molecule has 0 saturated carbocycles. The smallest absolute Gasteiger partial charge is 0.490 e. The molecule has 43 heavy (non-hydrogen) atoms. The largest absolute Gasteiger partial charge is 0.497 e. The molecule has 0 aliphatic carbocycles. The van der Waals surface area contributed by atoms with E-state index >= 15 is 0 Å². The number of hydrogen-bond acceptors (Lipinski definition) is 7. The molecule has 0 aliphatic heterocycles. The highest BCUT2D eigenvalue weighted by Crippen LogP contribution is 2.18. The van der Waals surface area contributed by atoms with E-state index in [1.807, 2.05) is 79.7 Å². The first kappa shape index (κ1) is 32.4. The summed E-state index contributed by atoms with van der Waals surface area (Å²) in [5.74, 6) is -1.09. The maximum Gasteiger partial charge on any atom is 0.490 e. The molecule has 4 aromatic rings. The van der Waals surface area contributed by atoms with E-state index < -0.39 is 18.2 Å². The van der Waals surface area contributed by atoms with Crippen LogP contribution in [0, 0.1) is 13.8 Å². The number of methoxy groups -OCH3 is 1. The van der Waals surface area contributed by atoms with Gasteiger partial charge in [-0.15, -0.1) is 0 Å². The molecule has 12 heteroatoms. The van der Waals surface area contributed by atoms with E-state index in [9.17, 15) is 18.0 Å². The minimum absolute atomic E-state index is 0.158. The highest BCUT2D eigenvalue weighted by molar-refractivity contribution is 5.96. The Morgan fingerprint density at radius 3 is 2.16 bits per heavy atom. The van der Waals surface area contributed by atoms with Gasteiger partial charge in [-0.2, -0.15) is 18.2 Å². The predicted molar refractivity (Wildman–Crippen MR) is 158 cm³/mol. The van der Waals surface area contributed by atoms with Gasteiger partial charge in [-0.05, 0) is 54.8 Å². The van der Waals surface area contributed by atoms with Crippen molar-refractivity contribution in [3.8, 4) is 5.75 Å². The van der Waals surface area contributed by atoms with Crippen LogP contribution in [-0.4, -0.2) is 46.3 Å². The molecule has 1 aromatic heterocycles. The second-order valence-electron chi connectivity index (χ2n) is 9.41. The number of benzene rings is 3. The normalized spacial score (nSPS) is 11.4. The Morgan fingerprint density at radius 1 is 0.930 bits per heavy atom. The number of carbonyl (C=O) groups excluding carboxylic acids is 1. The van der Waals surface area contributed by atoms with Crippen molar-refractivity contribution in [2.45, 2.75) is 39.0 Å². The van der Waals surface area contributed by atoms with Crippen LogP contribution >= 0.6 is 0 Å². The summed E-state index contributed by atoms with van der Waals surface area (Å²) in [6.07, 6.45) is -4.59. The van der Waals surface area contributed by atoms with Gasteiger partial charge in [-0.3, -0.25) is 4.79 Å². The summed E-state index contributed by atoms with van der Waals surface area (Å²) in [4.78, 5) is 31.4. The van der Waals surface area contributed by atoms with Crippen LogP contribution in [0.4, 0.5) is 30.6 Å². The maximum absolute atomic E-state index is 13.3. The van der Waals surface area contributed by atoms with Crippen molar-refractivity contribution in [1.29, 1.82) is 0 Å². The second kappa shape index (κ2) is 15.2. The first-order chi connectivity index (χ1) is 20.4. The molecule has 1 amide bonds. The van der Waals surface area contributed by atoms with Crippen molar-refractivity contribution in [3.05, 3.63) is 107 Å². The highest BCUT2D eigenvalue weighted by Gasteiger charge is 2.38. The van der Waals surface area contributed by atoms with Crippen molar-refractivity contribution in [1.82, 2.24) is 9.97 Å². The van der Waals surface area contributed by atoms with Gasteiger partial charge in [-0.1, -0.05) is 54.6 Å². The maximum atomic E-state index is 13.3. The lowest BCUT2D eigenvalue weighted by Gasteiger charge is -2.20. The number of anilines is 3. The standard InChI is InChI=1S/C29H31N5O2.C2HF3O2/c1-20-9-7-8-12-23(20)19-30-29-31-21(2)17-27(34-29)33-26(18-22-10-5-4-6-11-22)28(35)32-24-13-15-25(36-3)16-14-24;3-2(4,5)1(6)7/h4-17,26H,18-19H2,1-3H3,(H,32,35)(H2,30,31,33,34);(H,6,7)/t26-;/m0./s1. The van der Waals surface area contributed by atoms with Crippen LogP contribution in [0.15, 0.2) is 84.9 Å². The minimum atomic E-state index is -5.08. The van der Waals surface area contributed by atoms with E-state index in [2.05, 4.69) is 45.0 Å². The van der Waals surface area contributed by atoms with Gasteiger partial charge in [0.25, 0.3) is 0 Å². The highest BCUT2D eigenvalue weighted by atomic mass is 19.4. The van der Waals surface area contributed by atoms with Gasteiger partial charge in [0.05, 0.1) is 7.11 Å². The Kier molecular flexibility index (Phi) is 11.4. The molecule has 3 aromatic carbocycles. The van der Waals surface area contributed by atoms with E-state index in [-0.39, 0.29) is 5.91 Å².